The predicted molar refractivity (Wildman–Crippen MR) is 126 cm³/mol. The molecule has 8 nitrogen and oxygen atoms in total. The molecule has 1 atom stereocenters. The first-order valence-electron chi connectivity index (χ1n) is 11.2. The molecule has 0 unspecified atom stereocenters. The topological polar surface area (TPSA) is 97.0 Å². The van der Waals surface area contributed by atoms with Crippen molar-refractivity contribution in [2.45, 2.75) is 39.7 Å². The summed E-state index contributed by atoms with van der Waals surface area (Å²) in [5.74, 6) is 1.38. The molecule has 1 N–H and O–H groups in total. The molecule has 1 aromatic carbocycles. The average Bonchev–Trinajstić information content (AvgIpc) is 3.26. The highest BCUT2D eigenvalue weighted by atomic mass is 16.4. The Kier molecular flexibility index (Phi) is 5.60. The monoisotopic (exact) mass is 442 g/mol. The number of carbonyl (C=O) groups is 1. The number of benzene rings is 1. The van der Waals surface area contributed by atoms with Crippen molar-refractivity contribution in [3.05, 3.63) is 65.3 Å². The number of nitrogens with zero attached hydrogens (tertiary/aromatic N) is 5. The lowest BCUT2D eigenvalue weighted by Crippen LogP contribution is -2.49. The minimum absolute atomic E-state index is 0.00307. The number of pyridine rings is 2. The molecule has 168 valence electrons. The van der Waals surface area contributed by atoms with Crippen molar-refractivity contribution in [3.63, 3.8) is 0 Å². The van der Waals surface area contributed by atoms with Gasteiger partial charge in [0.05, 0.1) is 11.6 Å². The van der Waals surface area contributed by atoms with E-state index >= 15 is 0 Å². The first-order chi connectivity index (χ1) is 16.0. The van der Waals surface area contributed by atoms with Crippen LogP contribution < -0.4 is 10.2 Å². The highest BCUT2D eigenvalue weighted by Crippen LogP contribution is 2.32. The molecule has 1 amide bonds. The number of aryl methyl sites for hydroxylation is 3. The lowest BCUT2D eigenvalue weighted by Gasteiger charge is -2.35. The Morgan fingerprint density at radius 2 is 2.00 bits per heavy atom. The fourth-order valence-corrected chi connectivity index (χ4v) is 4.55. The largest absolute Gasteiger partial charge is 0.420 e. The number of piperidine rings is 1. The standard InChI is InChI=1S/C25H26N6O2/c1-15-11-16(2)22-18(12-15)8-10-27-23(22)31(20-5-4-9-26-14-20)25(32)19-6-7-21(28-13-19)24-30-29-17(3)33-24/h6-8,10-13,20,26H,4-5,9,14H2,1-3H3/t20-/m1/s1. The summed E-state index contributed by atoms with van der Waals surface area (Å²) < 4.78 is 5.45. The van der Waals surface area contributed by atoms with Gasteiger partial charge in [0, 0.05) is 31.2 Å². The Labute approximate surface area is 192 Å². The van der Waals surface area contributed by atoms with Crippen LogP contribution in [0.5, 0.6) is 0 Å². The molecule has 1 fully saturated rings. The first kappa shape index (κ1) is 21.2. The van der Waals surface area contributed by atoms with E-state index in [1.54, 1.807) is 31.5 Å². The van der Waals surface area contributed by atoms with Gasteiger partial charge >= 0.3 is 0 Å². The molecule has 3 aromatic heterocycles. The number of hydrogen-bond donors (Lipinski definition) is 1. The zero-order valence-corrected chi connectivity index (χ0v) is 19.0. The van der Waals surface area contributed by atoms with Crippen LogP contribution in [-0.2, 0) is 0 Å². The molecular weight excluding hydrogens is 416 g/mol. The molecule has 4 aromatic rings. The second-order valence-electron chi connectivity index (χ2n) is 8.55. The fourth-order valence-electron chi connectivity index (χ4n) is 4.55. The van der Waals surface area contributed by atoms with E-state index in [1.807, 2.05) is 11.0 Å². The molecule has 4 heterocycles. The number of fused-ring (bicyclic) bond motifs is 1. The van der Waals surface area contributed by atoms with Crippen LogP contribution in [0, 0.1) is 20.8 Å². The molecule has 5 rings (SSSR count). The summed E-state index contributed by atoms with van der Waals surface area (Å²) in [5, 5.41) is 13.4. The molecule has 1 saturated heterocycles. The summed E-state index contributed by atoms with van der Waals surface area (Å²) in [6.45, 7) is 7.57. The highest BCUT2D eigenvalue weighted by Gasteiger charge is 2.30. The molecule has 8 heteroatoms. The number of aromatic nitrogens is 4. The van der Waals surface area contributed by atoms with E-state index in [0.29, 0.717) is 28.9 Å². The molecular formula is C25H26N6O2. The quantitative estimate of drug-likeness (QED) is 0.510. The third kappa shape index (κ3) is 4.09. The maximum absolute atomic E-state index is 13.9. The average molecular weight is 443 g/mol. The minimum atomic E-state index is -0.121. The van der Waals surface area contributed by atoms with Crippen molar-refractivity contribution in [1.82, 2.24) is 25.5 Å². The molecule has 0 radical (unpaired) electrons. The second kappa shape index (κ2) is 8.71. The van der Waals surface area contributed by atoms with Gasteiger partial charge in [-0.25, -0.2) is 4.98 Å². The normalized spacial score (nSPS) is 16.2. The minimum Gasteiger partial charge on any atom is -0.420 e. The summed E-state index contributed by atoms with van der Waals surface area (Å²) in [4.78, 5) is 24.9. The maximum atomic E-state index is 13.9. The van der Waals surface area contributed by atoms with Crippen LogP contribution in [-0.4, -0.2) is 45.2 Å². The molecule has 1 aliphatic rings. The summed E-state index contributed by atoms with van der Waals surface area (Å²) in [5.41, 5.74) is 3.32. The van der Waals surface area contributed by atoms with Crippen LogP contribution in [0.15, 0.2) is 47.1 Å². The van der Waals surface area contributed by atoms with Gasteiger partial charge in [-0.1, -0.05) is 17.7 Å². The predicted octanol–water partition coefficient (Wildman–Crippen LogP) is 4.00. The fraction of sp³-hybridized carbons (Fsp3) is 0.320. The van der Waals surface area contributed by atoms with Crippen LogP contribution in [0.25, 0.3) is 22.4 Å². The number of rotatable bonds is 4. The summed E-state index contributed by atoms with van der Waals surface area (Å²) in [6.07, 6.45) is 5.27. The molecule has 33 heavy (non-hydrogen) atoms. The number of nitrogens with one attached hydrogen (secondary N) is 1. The van der Waals surface area contributed by atoms with Crippen LogP contribution in [0.3, 0.4) is 0 Å². The third-order valence-corrected chi connectivity index (χ3v) is 6.02. The molecule has 1 aliphatic heterocycles. The number of hydrogen-bond acceptors (Lipinski definition) is 7. The van der Waals surface area contributed by atoms with E-state index in [4.69, 9.17) is 9.40 Å². The van der Waals surface area contributed by atoms with E-state index in [2.05, 4.69) is 46.5 Å². The number of carbonyl (C=O) groups excluding carboxylic acids is 1. The van der Waals surface area contributed by atoms with Crippen molar-refractivity contribution in [2.75, 3.05) is 18.0 Å². The van der Waals surface area contributed by atoms with Crippen molar-refractivity contribution >= 4 is 22.5 Å². The Morgan fingerprint density at radius 1 is 1.12 bits per heavy atom. The van der Waals surface area contributed by atoms with Crippen LogP contribution in [0.1, 0.15) is 40.2 Å². The van der Waals surface area contributed by atoms with Crippen molar-refractivity contribution in [1.29, 1.82) is 0 Å². The van der Waals surface area contributed by atoms with Gasteiger partial charge in [-0.3, -0.25) is 14.7 Å². The van der Waals surface area contributed by atoms with Gasteiger partial charge < -0.3 is 9.73 Å². The van der Waals surface area contributed by atoms with Gasteiger partial charge in [0.25, 0.3) is 11.8 Å². The first-order valence-corrected chi connectivity index (χ1v) is 11.2. The highest BCUT2D eigenvalue weighted by molar-refractivity contribution is 6.10. The number of amides is 1. The van der Waals surface area contributed by atoms with E-state index in [1.165, 1.54) is 5.56 Å². The molecule has 0 saturated carbocycles. The van der Waals surface area contributed by atoms with Gasteiger partial charge in [-0.05, 0) is 62.4 Å². The van der Waals surface area contributed by atoms with E-state index in [-0.39, 0.29) is 11.9 Å². The maximum Gasteiger partial charge on any atom is 0.266 e. The van der Waals surface area contributed by atoms with Crippen LogP contribution >= 0.6 is 0 Å². The third-order valence-electron chi connectivity index (χ3n) is 6.02. The van der Waals surface area contributed by atoms with E-state index in [9.17, 15) is 4.79 Å². The Balaban J connectivity index is 1.58. The molecule has 0 spiro atoms. The summed E-state index contributed by atoms with van der Waals surface area (Å²) >= 11 is 0. The van der Waals surface area contributed by atoms with Crippen molar-refractivity contribution < 1.29 is 9.21 Å². The number of anilines is 1. The van der Waals surface area contributed by atoms with Gasteiger partial charge in [-0.15, -0.1) is 10.2 Å². The molecule has 0 bridgehead atoms. The Morgan fingerprint density at radius 3 is 2.70 bits per heavy atom. The second-order valence-corrected chi connectivity index (χ2v) is 8.55. The summed E-state index contributed by atoms with van der Waals surface area (Å²) in [7, 11) is 0. The molecule has 0 aliphatic carbocycles. The van der Waals surface area contributed by atoms with Gasteiger partial charge in [-0.2, -0.15) is 0 Å². The Hall–Kier alpha value is -3.65. The van der Waals surface area contributed by atoms with Gasteiger partial charge in [0.15, 0.2) is 0 Å². The van der Waals surface area contributed by atoms with Crippen LogP contribution in [0.2, 0.25) is 0 Å². The lowest BCUT2D eigenvalue weighted by atomic mass is 10.00. The van der Waals surface area contributed by atoms with E-state index < -0.39 is 0 Å². The van der Waals surface area contributed by atoms with Gasteiger partial charge in [0.1, 0.15) is 11.5 Å². The van der Waals surface area contributed by atoms with E-state index in [0.717, 1.165) is 42.3 Å². The smallest absolute Gasteiger partial charge is 0.266 e. The zero-order valence-electron chi connectivity index (χ0n) is 19.0. The lowest BCUT2D eigenvalue weighted by molar-refractivity contribution is 0.0971. The SMILES string of the molecule is Cc1cc(C)c2c(N(C(=O)c3ccc(-c4nnc(C)o4)nc3)[C@@H]3CCCNC3)nccc2c1. The summed E-state index contributed by atoms with van der Waals surface area (Å²) in [6, 6.07) is 9.78. The van der Waals surface area contributed by atoms with Crippen LogP contribution in [0.4, 0.5) is 5.82 Å². The van der Waals surface area contributed by atoms with Crippen molar-refractivity contribution in [3.8, 4) is 11.6 Å². The van der Waals surface area contributed by atoms with Gasteiger partial charge in [0.2, 0.25) is 5.89 Å². The zero-order chi connectivity index (χ0) is 22.9. The Bertz CT molecular complexity index is 1310. The van der Waals surface area contributed by atoms with Crippen molar-refractivity contribution in [2.24, 2.45) is 0 Å².